The van der Waals surface area contributed by atoms with Gasteiger partial charge in [-0.15, -0.1) is 10.2 Å². The number of hydrogen-bond acceptors (Lipinski definition) is 4. The van der Waals surface area contributed by atoms with Crippen molar-refractivity contribution in [1.82, 2.24) is 25.0 Å². The molecule has 2 rings (SSSR count). The molecule has 0 saturated carbocycles. The molecular weight excluding hydrogens is 218 g/mol. The van der Waals surface area contributed by atoms with Crippen LogP contribution in [0.1, 0.15) is 26.1 Å². The molecule has 0 aliphatic carbocycles. The van der Waals surface area contributed by atoms with Gasteiger partial charge >= 0.3 is 0 Å². The predicted molar refractivity (Wildman–Crippen MR) is 63.2 cm³/mol. The van der Waals surface area contributed by atoms with Crippen LogP contribution in [0.3, 0.4) is 0 Å². The molecule has 1 amide bonds. The van der Waals surface area contributed by atoms with Gasteiger partial charge in [0, 0.05) is 32.1 Å². The molecule has 17 heavy (non-hydrogen) atoms. The average Bonchev–Trinajstić information content (AvgIpc) is 2.75. The lowest BCUT2D eigenvalue weighted by Gasteiger charge is -2.27. The summed E-state index contributed by atoms with van der Waals surface area (Å²) in [5.74, 6) is 1.06. The van der Waals surface area contributed by atoms with E-state index >= 15 is 0 Å². The number of aromatic nitrogens is 3. The molecular formula is C11H19N5O. The first-order chi connectivity index (χ1) is 8.16. The van der Waals surface area contributed by atoms with Gasteiger partial charge in [0.25, 0.3) is 0 Å². The number of amides is 1. The van der Waals surface area contributed by atoms with E-state index in [9.17, 15) is 4.79 Å². The Labute approximate surface area is 101 Å². The molecule has 0 spiro atoms. The van der Waals surface area contributed by atoms with E-state index in [0.717, 1.165) is 25.5 Å². The maximum Gasteiger partial charge on any atom is 0.224 e. The van der Waals surface area contributed by atoms with Gasteiger partial charge in [-0.05, 0) is 0 Å². The zero-order valence-electron chi connectivity index (χ0n) is 10.4. The maximum atomic E-state index is 11.9. The molecule has 0 radical (unpaired) electrons. The number of nitrogens with one attached hydrogen (secondary N) is 1. The van der Waals surface area contributed by atoms with Gasteiger partial charge in [-0.3, -0.25) is 4.79 Å². The number of hydrogen-bond donors (Lipinski definition) is 1. The van der Waals surface area contributed by atoms with E-state index in [-0.39, 0.29) is 5.91 Å². The summed E-state index contributed by atoms with van der Waals surface area (Å²) in [5.41, 5.74) is 0. The van der Waals surface area contributed by atoms with Crippen molar-refractivity contribution in [1.29, 1.82) is 0 Å². The zero-order chi connectivity index (χ0) is 12.3. The minimum Gasteiger partial charge on any atom is -0.333 e. The van der Waals surface area contributed by atoms with E-state index in [4.69, 9.17) is 0 Å². The Hall–Kier alpha value is -1.43. The van der Waals surface area contributed by atoms with Crippen LogP contribution in [0, 0.1) is 0 Å². The van der Waals surface area contributed by atoms with Gasteiger partial charge in [0.1, 0.15) is 6.33 Å². The van der Waals surface area contributed by atoms with E-state index in [1.165, 1.54) is 0 Å². The fraction of sp³-hybridized carbons (Fsp3) is 0.727. The summed E-state index contributed by atoms with van der Waals surface area (Å²) < 4.78 is 2.00. The molecule has 0 unspecified atom stereocenters. The van der Waals surface area contributed by atoms with Gasteiger partial charge in [0.2, 0.25) is 5.91 Å². The lowest BCUT2D eigenvalue weighted by atomic mass is 10.3. The maximum absolute atomic E-state index is 11.9. The summed E-state index contributed by atoms with van der Waals surface area (Å²) in [6.45, 7) is 7.03. The summed E-state index contributed by atoms with van der Waals surface area (Å²) >= 11 is 0. The van der Waals surface area contributed by atoms with Gasteiger partial charge in [-0.2, -0.15) is 0 Å². The fourth-order valence-corrected chi connectivity index (χ4v) is 1.91. The topological polar surface area (TPSA) is 63.1 Å². The third kappa shape index (κ3) is 3.03. The highest BCUT2D eigenvalue weighted by molar-refractivity contribution is 5.76. The van der Waals surface area contributed by atoms with Crippen LogP contribution >= 0.6 is 0 Å². The molecule has 6 nitrogen and oxygen atoms in total. The third-order valence-electron chi connectivity index (χ3n) is 2.88. The summed E-state index contributed by atoms with van der Waals surface area (Å²) in [6, 6.07) is 0.423. The molecule has 0 saturated heterocycles. The van der Waals surface area contributed by atoms with Gasteiger partial charge in [-0.1, -0.05) is 13.8 Å². The van der Waals surface area contributed by atoms with E-state index < -0.39 is 0 Å². The first-order valence-electron chi connectivity index (χ1n) is 6.04. The Morgan fingerprint density at radius 3 is 3.12 bits per heavy atom. The van der Waals surface area contributed by atoms with Crippen LogP contribution in [-0.2, 0) is 17.9 Å². The highest BCUT2D eigenvalue weighted by Crippen LogP contribution is 2.09. The van der Waals surface area contributed by atoms with Crippen molar-refractivity contribution in [3.63, 3.8) is 0 Å². The fourth-order valence-electron chi connectivity index (χ4n) is 1.91. The molecule has 94 valence electrons. The Bertz CT molecular complexity index is 387. The smallest absolute Gasteiger partial charge is 0.224 e. The highest BCUT2D eigenvalue weighted by Gasteiger charge is 2.21. The summed E-state index contributed by atoms with van der Waals surface area (Å²) in [5, 5.41) is 11.1. The Kier molecular flexibility index (Phi) is 3.73. The zero-order valence-corrected chi connectivity index (χ0v) is 10.4. The van der Waals surface area contributed by atoms with E-state index in [1.54, 1.807) is 6.33 Å². The second kappa shape index (κ2) is 5.27. The molecule has 0 fully saturated rings. The molecule has 1 aromatic rings. The number of nitrogens with zero attached hydrogens (tertiary/aromatic N) is 4. The van der Waals surface area contributed by atoms with Gasteiger partial charge in [-0.25, -0.2) is 0 Å². The largest absolute Gasteiger partial charge is 0.333 e. The van der Waals surface area contributed by atoms with Crippen molar-refractivity contribution in [2.24, 2.45) is 0 Å². The lowest BCUT2D eigenvalue weighted by molar-refractivity contribution is -0.132. The number of carbonyl (C=O) groups excluding carboxylic acids is 1. The molecule has 0 bridgehead atoms. The third-order valence-corrected chi connectivity index (χ3v) is 2.88. The Balaban J connectivity index is 1.82. The van der Waals surface area contributed by atoms with E-state index in [2.05, 4.69) is 29.4 Å². The lowest BCUT2D eigenvalue weighted by Crippen LogP contribution is -2.39. The Morgan fingerprint density at radius 2 is 2.35 bits per heavy atom. The molecule has 0 aromatic carbocycles. The molecule has 1 N–H and O–H groups in total. The second-order valence-electron chi connectivity index (χ2n) is 4.61. The second-order valence-corrected chi connectivity index (χ2v) is 4.61. The van der Waals surface area contributed by atoms with E-state index in [1.807, 2.05) is 9.47 Å². The van der Waals surface area contributed by atoms with Crippen molar-refractivity contribution in [2.45, 2.75) is 39.4 Å². The number of carbonyl (C=O) groups is 1. The van der Waals surface area contributed by atoms with Crippen molar-refractivity contribution >= 4 is 5.91 Å². The van der Waals surface area contributed by atoms with Crippen LogP contribution in [0.5, 0.6) is 0 Å². The van der Waals surface area contributed by atoms with Crippen LogP contribution in [0.2, 0.25) is 0 Å². The van der Waals surface area contributed by atoms with Crippen LogP contribution in [-0.4, -0.2) is 44.7 Å². The standard InChI is InChI=1S/C11H19N5O/c1-9(2)12-4-3-11(17)15-5-6-16-8-13-14-10(16)7-15/h8-9,12H,3-7H2,1-2H3. The van der Waals surface area contributed by atoms with E-state index in [0.29, 0.717) is 19.0 Å². The van der Waals surface area contributed by atoms with Gasteiger partial charge < -0.3 is 14.8 Å². The molecule has 1 aliphatic rings. The van der Waals surface area contributed by atoms with Gasteiger partial charge in [0.15, 0.2) is 5.82 Å². The molecule has 6 heteroatoms. The monoisotopic (exact) mass is 237 g/mol. The molecule has 1 aromatic heterocycles. The predicted octanol–water partition coefficient (Wildman–Crippen LogP) is 0.00840. The SMILES string of the molecule is CC(C)NCCC(=O)N1CCn2cnnc2C1. The Morgan fingerprint density at radius 1 is 1.53 bits per heavy atom. The van der Waals surface area contributed by atoms with Crippen molar-refractivity contribution < 1.29 is 4.79 Å². The van der Waals surface area contributed by atoms with Gasteiger partial charge in [0.05, 0.1) is 6.54 Å². The summed E-state index contributed by atoms with van der Waals surface area (Å²) in [6.07, 6.45) is 2.27. The number of rotatable bonds is 4. The quantitative estimate of drug-likeness (QED) is 0.801. The first kappa shape index (κ1) is 12.0. The molecule has 1 aliphatic heterocycles. The van der Waals surface area contributed by atoms with Crippen molar-refractivity contribution in [2.75, 3.05) is 13.1 Å². The van der Waals surface area contributed by atoms with Crippen LogP contribution in [0.15, 0.2) is 6.33 Å². The average molecular weight is 237 g/mol. The minimum absolute atomic E-state index is 0.187. The van der Waals surface area contributed by atoms with Crippen LogP contribution in [0.4, 0.5) is 0 Å². The first-order valence-corrected chi connectivity index (χ1v) is 6.04. The summed E-state index contributed by atoms with van der Waals surface area (Å²) in [4.78, 5) is 13.8. The minimum atomic E-state index is 0.187. The molecule has 2 heterocycles. The van der Waals surface area contributed by atoms with Crippen molar-refractivity contribution in [3.05, 3.63) is 12.2 Å². The van der Waals surface area contributed by atoms with Crippen LogP contribution < -0.4 is 5.32 Å². The highest BCUT2D eigenvalue weighted by atomic mass is 16.2. The summed E-state index contributed by atoms with van der Waals surface area (Å²) in [7, 11) is 0. The molecule has 0 atom stereocenters. The number of fused-ring (bicyclic) bond motifs is 1. The van der Waals surface area contributed by atoms with Crippen molar-refractivity contribution in [3.8, 4) is 0 Å². The normalized spacial score (nSPS) is 15.1. The van der Waals surface area contributed by atoms with Crippen LogP contribution in [0.25, 0.3) is 0 Å².